The fourth-order valence-corrected chi connectivity index (χ4v) is 1.15. The summed E-state index contributed by atoms with van der Waals surface area (Å²) in [6.07, 6.45) is 0. The van der Waals surface area contributed by atoms with Gasteiger partial charge in [-0.1, -0.05) is 0 Å². The van der Waals surface area contributed by atoms with Crippen molar-refractivity contribution in [3.05, 3.63) is 34.6 Å². The van der Waals surface area contributed by atoms with Gasteiger partial charge in [0.05, 0.1) is 0 Å². The Morgan fingerprint density at radius 1 is 1.18 bits per heavy atom. The standard InChI is InChI=1S/C9H10F2/c1-6-3-8(11)4-7(2)9(6)5-10/h3-4H,5H2,1-2H3. The van der Waals surface area contributed by atoms with Gasteiger partial charge in [-0.3, -0.25) is 0 Å². The van der Waals surface area contributed by atoms with Crippen molar-refractivity contribution in [3.8, 4) is 0 Å². The van der Waals surface area contributed by atoms with E-state index in [0.717, 1.165) is 0 Å². The molecule has 1 rings (SSSR count). The summed E-state index contributed by atoms with van der Waals surface area (Å²) in [5.74, 6) is -0.294. The maximum atomic E-state index is 12.6. The molecule has 0 amide bonds. The molecular weight excluding hydrogens is 146 g/mol. The lowest BCUT2D eigenvalue weighted by Crippen LogP contribution is -1.91. The minimum absolute atomic E-state index is 0.294. The molecule has 0 saturated heterocycles. The van der Waals surface area contributed by atoms with Crippen LogP contribution in [0, 0.1) is 19.7 Å². The van der Waals surface area contributed by atoms with Gasteiger partial charge in [0, 0.05) is 0 Å². The Morgan fingerprint density at radius 3 is 2.00 bits per heavy atom. The summed E-state index contributed by atoms with van der Waals surface area (Å²) < 4.78 is 24.9. The third-order valence-corrected chi connectivity index (χ3v) is 1.79. The van der Waals surface area contributed by atoms with Crippen LogP contribution in [0.25, 0.3) is 0 Å². The van der Waals surface area contributed by atoms with Crippen molar-refractivity contribution in [2.75, 3.05) is 0 Å². The highest BCUT2D eigenvalue weighted by molar-refractivity contribution is 5.33. The van der Waals surface area contributed by atoms with Gasteiger partial charge >= 0.3 is 0 Å². The van der Waals surface area contributed by atoms with Gasteiger partial charge in [-0.15, -0.1) is 0 Å². The summed E-state index contributed by atoms with van der Waals surface area (Å²) in [5.41, 5.74) is 1.97. The van der Waals surface area contributed by atoms with Crippen LogP contribution in [0.3, 0.4) is 0 Å². The number of alkyl halides is 1. The molecule has 0 unspecified atom stereocenters. The zero-order chi connectivity index (χ0) is 8.43. The van der Waals surface area contributed by atoms with Gasteiger partial charge < -0.3 is 0 Å². The maximum Gasteiger partial charge on any atom is 0.123 e. The monoisotopic (exact) mass is 156 g/mol. The van der Waals surface area contributed by atoms with Crippen LogP contribution in [0.1, 0.15) is 16.7 Å². The van der Waals surface area contributed by atoms with Crippen LogP contribution in [0.5, 0.6) is 0 Å². The predicted octanol–water partition coefficient (Wildman–Crippen LogP) is 2.91. The molecule has 60 valence electrons. The van der Waals surface area contributed by atoms with Gasteiger partial charge in [-0.05, 0) is 42.7 Å². The Bertz CT molecular complexity index is 243. The molecule has 0 aliphatic carbocycles. The van der Waals surface area contributed by atoms with E-state index >= 15 is 0 Å². The number of benzene rings is 1. The second-order valence-electron chi connectivity index (χ2n) is 2.65. The molecule has 0 aliphatic heterocycles. The zero-order valence-electron chi connectivity index (χ0n) is 6.62. The first-order valence-corrected chi connectivity index (χ1v) is 3.46. The summed E-state index contributed by atoms with van der Waals surface area (Å²) in [6.45, 7) is 2.91. The van der Waals surface area contributed by atoms with E-state index in [0.29, 0.717) is 16.7 Å². The Balaban J connectivity index is 3.25. The average molecular weight is 156 g/mol. The Kier molecular flexibility index (Phi) is 2.22. The summed E-state index contributed by atoms with van der Waals surface area (Å²) in [4.78, 5) is 0. The van der Waals surface area contributed by atoms with Gasteiger partial charge in [0.1, 0.15) is 12.5 Å². The van der Waals surface area contributed by atoms with Crippen molar-refractivity contribution in [1.82, 2.24) is 0 Å². The molecule has 0 bridgehead atoms. The molecule has 0 fully saturated rings. The van der Waals surface area contributed by atoms with E-state index in [9.17, 15) is 8.78 Å². The predicted molar refractivity (Wildman–Crippen MR) is 40.7 cm³/mol. The molecule has 1 aromatic carbocycles. The van der Waals surface area contributed by atoms with Gasteiger partial charge in [0.25, 0.3) is 0 Å². The number of hydrogen-bond donors (Lipinski definition) is 0. The minimum Gasteiger partial charge on any atom is -0.246 e. The third kappa shape index (κ3) is 1.56. The van der Waals surface area contributed by atoms with E-state index in [1.54, 1.807) is 13.8 Å². The van der Waals surface area contributed by atoms with Crippen LogP contribution in [0.4, 0.5) is 8.78 Å². The maximum absolute atomic E-state index is 12.6. The van der Waals surface area contributed by atoms with Crippen LogP contribution in [-0.2, 0) is 6.67 Å². The van der Waals surface area contributed by atoms with E-state index in [1.807, 2.05) is 0 Å². The fourth-order valence-electron chi connectivity index (χ4n) is 1.15. The molecule has 0 aliphatic rings. The molecule has 0 heterocycles. The molecule has 0 saturated carbocycles. The smallest absolute Gasteiger partial charge is 0.123 e. The van der Waals surface area contributed by atoms with E-state index in [-0.39, 0.29) is 5.82 Å². The zero-order valence-corrected chi connectivity index (χ0v) is 6.62. The molecule has 11 heavy (non-hydrogen) atoms. The first-order valence-electron chi connectivity index (χ1n) is 3.46. The van der Waals surface area contributed by atoms with Crippen LogP contribution >= 0.6 is 0 Å². The van der Waals surface area contributed by atoms with Crippen molar-refractivity contribution < 1.29 is 8.78 Å². The van der Waals surface area contributed by atoms with Crippen molar-refractivity contribution in [2.45, 2.75) is 20.5 Å². The molecular formula is C9H10F2. The minimum atomic E-state index is -0.516. The number of rotatable bonds is 1. The molecule has 0 atom stereocenters. The molecule has 0 radical (unpaired) electrons. The van der Waals surface area contributed by atoms with Gasteiger partial charge in [0.15, 0.2) is 0 Å². The summed E-state index contributed by atoms with van der Waals surface area (Å²) in [6, 6.07) is 2.70. The van der Waals surface area contributed by atoms with E-state index in [4.69, 9.17) is 0 Å². The number of aryl methyl sites for hydroxylation is 2. The highest BCUT2D eigenvalue weighted by Gasteiger charge is 2.03. The van der Waals surface area contributed by atoms with Crippen molar-refractivity contribution in [1.29, 1.82) is 0 Å². The van der Waals surface area contributed by atoms with Gasteiger partial charge in [-0.2, -0.15) is 0 Å². The van der Waals surface area contributed by atoms with E-state index in [2.05, 4.69) is 0 Å². The van der Waals surface area contributed by atoms with Crippen LogP contribution in [0.2, 0.25) is 0 Å². The van der Waals surface area contributed by atoms with Gasteiger partial charge in [0.2, 0.25) is 0 Å². The second kappa shape index (κ2) is 2.99. The highest BCUT2D eigenvalue weighted by Crippen LogP contribution is 2.16. The quantitative estimate of drug-likeness (QED) is 0.586. The average Bonchev–Trinajstić information content (AvgIpc) is 1.85. The lowest BCUT2D eigenvalue weighted by atomic mass is 10.0. The topological polar surface area (TPSA) is 0 Å². The Morgan fingerprint density at radius 2 is 1.64 bits per heavy atom. The van der Waals surface area contributed by atoms with Gasteiger partial charge in [-0.25, -0.2) is 8.78 Å². The highest BCUT2D eigenvalue weighted by atomic mass is 19.1. The van der Waals surface area contributed by atoms with Crippen LogP contribution < -0.4 is 0 Å². The normalized spacial score (nSPS) is 10.2. The lowest BCUT2D eigenvalue weighted by molar-refractivity contribution is 0.480. The number of hydrogen-bond acceptors (Lipinski definition) is 0. The van der Waals surface area contributed by atoms with Crippen molar-refractivity contribution in [3.63, 3.8) is 0 Å². The first-order chi connectivity index (χ1) is 5.15. The van der Waals surface area contributed by atoms with E-state index < -0.39 is 6.67 Å². The van der Waals surface area contributed by atoms with Crippen LogP contribution in [0.15, 0.2) is 12.1 Å². The van der Waals surface area contributed by atoms with E-state index in [1.165, 1.54) is 12.1 Å². The molecule has 1 aromatic rings. The number of halogens is 2. The second-order valence-corrected chi connectivity index (χ2v) is 2.65. The summed E-state index contributed by atoms with van der Waals surface area (Å²) in [5, 5.41) is 0. The summed E-state index contributed by atoms with van der Waals surface area (Å²) >= 11 is 0. The molecule has 0 spiro atoms. The first kappa shape index (κ1) is 8.18. The lowest BCUT2D eigenvalue weighted by Gasteiger charge is -2.04. The van der Waals surface area contributed by atoms with Crippen molar-refractivity contribution >= 4 is 0 Å². The fraction of sp³-hybridized carbons (Fsp3) is 0.333. The largest absolute Gasteiger partial charge is 0.246 e. The molecule has 2 heteroatoms. The molecule has 0 N–H and O–H groups in total. The Labute approximate surface area is 64.9 Å². The third-order valence-electron chi connectivity index (χ3n) is 1.79. The molecule has 0 aromatic heterocycles. The Hall–Kier alpha value is -0.920. The molecule has 0 nitrogen and oxygen atoms in total. The summed E-state index contributed by atoms with van der Waals surface area (Å²) in [7, 11) is 0. The SMILES string of the molecule is Cc1cc(F)cc(C)c1CF. The van der Waals surface area contributed by atoms with Crippen molar-refractivity contribution in [2.24, 2.45) is 0 Å². The van der Waals surface area contributed by atoms with Crippen LogP contribution in [-0.4, -0.2) is 0 Å².